The monoisotopic (exact) mass is 317 g/mol. The minimum Gasteiger partial charge on any atom is -0.446 e. The van der Waals surface area contributed by atoms with E-state index in [1.165, 1.54) is 7.05 Å². The average molecular weight is 318 g/mol. The Labute approximate surface area is 111 Å². The van der Waals surface area contributed by atoms with E-state index in [0.717, 1.165) is 14.2 Å². The minimum atomic E-state index is -0.561. The molecule has 0 spiro atoms. The van der Waals surface area contributed by atoms with E-state index in [9.17, 15) is 4.79 Å². The highest BCUT2D eigenvalue weighted by molar-refractivity contribution is 9.10. The van der Waals surface area contributed by atoms with E-state index in [0.29, 0.717) is 0 Å². The molecule has 1 aliphatic heterocycles. The molecule has 2 N–H and O–H groups in total. The number of nitrogens with one attached hydrogen (secondary N) is 2. The lowest BCUT2D eigenvalue weighted by Gasteiger charge is -2.27. The standard InChI is InChI=1S/C10H12BrN3O2S/c1-10(7-3-6(11)4-17-7)5-16-9(15)14(2)8(12)13-10/h3-4H,5H2,1-2H3,(H2,12,13). The summed E-state index contributed by atoms with van der Waals surface area (Å²) in [5.41, 5.74) is -0.561. The average Bonchev–Trinajstić information content (AvgIpc) is 2.68. The molecule has 1 aromatic heterocycles. The zero-order chi connectivity index (χ0) is 12.6. The number of halogens is 1. The van der Waals surface area contributed by atoms with Crippen LogP contribution in [0.25, 0.3) is 0 Å². The first-order chi connectivity index (χ1) is 7.92. The molecule has 1 amide bonds. The first-order valence-corrected chi connectivity index (χ1v) is 6.61. The number of guanidine groups is 1. The lowest BCUT2D eigenvalue weighted by atomic mass is 10.0. The molecule has 1 atom stereocenters. The van der Waals surface area contributed by atoms with Crippen molar-refractivity contribution < 1.29 is 9.53 Å². The number of cyclic esters (lactones) is 1. The normalized spacial score (nSPS) is 25.2. The Balaban J connectivity index is 2.32. The van der Waals surface area contributed by atoms with E-state index in [4.69, 9.17) is 10.1 Å². The van der Waals surface area contributed by atoms with Crippen LogP contribution in [-0.2, 0) is 10.3 Å². The van der Waals surface area contributed by atoms with Gasteiger partial charge in [-0.3, -0.25) is 10.3 Å². The van der Waals surface area contributed by atoms with Crippen LogP contribution < -0.4 is 5.32 Å². The molecule has 1 aliphatic rings. The van der Waals surface area contributed by atoms with Gasteiger partial charge in [-0.15, -0.1) is 11.3 Å². The van der Waals surface area contributed by atoms with Gasteiger partial charge in [0.1, 0.15) is 12.1 Å². The fraction of sp³-hybridized carbons (Fsp3) is 0.400. The first-order valence-electron chi connectivity index (χ1n) is 4.94. The number of hydrogen-bond acceptors (Lipinski definition) is 4. The molecule has 0 aliphatic carbocycles. The van der Waals surface area contributed by atoms with Gasteiger partial charge in [-0.05, 0) is 28.9 Å². The van der Waals surface area contributed by atoms with Gasteiger partial charge in [0.25, 0.3) is 0 Å². The molecule has 7 heteroatoms. The van der Waals surface area contributed by atoms with E-state index in [1.54, 1.807) is 11.3 Å². The third-order valence-electron chi connectivity index (χ3n) is 2.60. The van der Waals surface area contributed by atoms with Crippen molar-refractivity contribution in [2.75, 3.05) is 13.7 Å². The number of hydrogen-bond donors (Lipinski definition) is 2. The predicted octanol–water partition coefficient (Wildman–Crippen LogP) is 2.33. The predicted molar refractivity (Wildman–Crippen MR) is 69.3 cm³/mol. The van der Waals surface area contributed by atoms with E-state index in [1.807, 2.05) is 18.4 Å². The molecular weight excluding hydrogens is 306 g/mol. The quantitative estimate of drug-likeness (QED) is 0.835. The van der Waals surface area contributed by atoms with Gasteiger partial charge >= 0.3 is 6.09 Å². The second-order valence-electron chi connectivity index (χ2n) is 4.05. The number of thiophene rings is 1. The summed E-state index contributed by atoms with van der Waals surface area (Å²) in [6.45, 7) is 2.11. The van der Waals surface area contributed by atoms with Crippen molar-refractivity contribution in [2.45, 2.75) is 12.5 Å². The highest BCUT2D eigenvalue weighted by Gasteiger charge is 2.36. The van der Waals surface area contributed by atoms with Crippen LogP contribution in [0.3, 0.4) is 0 Å². The Morgan fingerprint density at radius 3 is 3.00 bits per heavy atom. The van der Waals surface area contributed by atoms with Crippen LogP contribution in [0.15, 0.2) is 15.9 Å². The Bertz CT molecular complexity index is 476. The molecule has 5 nitrogen and oxygen atoms in total. The minimum absolute atomic E-state index is 0.0412. The summed E-state index contributed by atoms with van der Waals surface area (Å²) in [6.07, 6.45) is -0.512. The summed E-state index contributed by atoms with van der Waals surface area (Å²) in [5.74, 6) is 0.0412. The van der Waals surface area contributed by atoms with Crippen molar-refractivity contribution in [3.63, 3.8) is 0 Å². The van der Waals surface area contributed by atoms with Crippen molar-refractivity contribution in [3.05, 3.63) is 20.8 Å². The van der Waals surface area contributed by atoms with Crippen molar-refractivity contribution >= 4 is 39.3 Å². The number of nitrogens with zero attached hydrogens (tertiary/aromatic N) is 1. The Morgan fingerprint density at radius 1 is 1.71 bits per heavy atom. The summed E-state index contributed by atoms with van der Waals surface area (Å²) in [6, 6.07) is 1.96. The van der Waals surface area contributed by atoms with Crippen LogP contribution in [0.4, 0.5) is 4.79 Å². The molecule has 17 heavy (non-hydrogen) atoms. The molecule has 92 valence electrons. The maximum atomic E-state index is 11.5. The van der Waals surface area contributed by atoms with Crippen molar-refractivity contribution in [2.24, 2.45) is 0 Å². The van der Waals surface area contributed by atoms with Gasteiger partial charge in [0.15, 0.2) is 0 Å². The lowest BCUT2D eigenvalue weighted by molar-refractivity contribution is 0.112. The summed E-state index contributed by atoms with van der Waals surface area (Å²) < 4.78 is 6.12. The molecule has 1 saturated heterocycles. The van der Waals surface area contributed by atoms with Gasteiger partial charge in [0, 0.05) is 21.8 Å². The van der Waals surface area contributed by atoms with Gasteiger partial charge in [-0.25, -0.2) is 4.79 Å². The Hall–Kier alpha value is -1.08. The smallest absolute Gasteiger partial charge is 0.416 e. The Morgan fingerprint density at radius 2 is 2.41 bits per heavy atom. The summed E-state index contributed by atoms with van der Waals surface area (Å²) in [5, 5.41) is 12.8. The first kappa shape index (κ1) is 12.4. The summed E-state index contributed by atoms with van der Waals surface area (Å²) in [4.78, 5) is 13.6. The van der Waals surface area contributed by atoms with Gasteiger partial charge in [-0.1, -0.05) is 0 Å². The second-order valence-corrected chi connectivity index (χ2v) is 5.88. The fourth-order valence-corrected chi connectivity index (χ4v) is 3.04. The molecular formula is C10H12BrN3O2S. The maximum Gasteiger partial charge on any atom is 0.416 e. The molecule has 0 aromatic carbocycles. The molecule has 1 fully saturated rings. The lowest BCUT2D eigenvalue weighted by Crippen LogP contribution is -2.48. The van der Waals surface area contributed by atoms with Gasteiger partial charge in [-0.2, -0.15) is 0 Å². The molecule has 0 radical (unpaired) electrons. The molecule has 0 saturated carbocycles. The highest BCUT2D eigenvalue weighted by atomic mass is 79.9. The van der Waals surface area contributed by atoms with Crippen LogP contribution in [0.5, 0.6) is 0 Å². The summed E-state index contributed by atoms with van der Waals surface area (Å²) in [7, 11) is 1.51. The SMILES string of the molecule is CN1C(=N)NC(C)(c2cc(Br)cs2)COC1=O. The van der Waals surface area contributed by atoms with Crippen LogP contribution in [0, 0.1) is 5.41 Å². The molecule has 2 heterocycles. The van der Waals surface area contributed by atoms with Crippen LogP contribution in [0.2, 0.25) is 0 Å². The van der Waals surface area contributed by atoms with Crippen molar-refractivity contribution in [3.8, 4) is 0 Å². The van der Waals surface area contributed by atoms with Crippen LogP contribution >= 0.6 is 27.3 Å². The fourth-order valence-electron chi connectivity index (χ4n) is 1.51. The number of amides is 1. The van der Waals surface area contributed by atoms with Crippen LogP contribution in [0.1, 0.15) is 11.8 Å². The molecule has 2 rings (SSSR count). The van der Waals surface area contributed by atoms with Gasteiger partial charge < -0.3 is 10.1 Å². The second kappa shape index (κ2) is 4.30. The zero-order valence-corrected chi connectivity index (χ0v) is 11.8. The van der Waals surface area contributed by atoms with E-state index < -0.39 is 11.6 Å². The van der Waals surface area contributed by atoms with Crippen molar-refractivity contribution in [1.82, 2.24) is 10.2 Å². The highest BCUT2D eigenvalue weighted by Crippen LogP contribution is 2.31. The molecule has 1 unspecified atom stereocenters. The molecule has 0 bridgehead atoms. The zero-order valence-electron chi connectivity index (χ0n) is 9.41. The van der Waals surface area contributed by atoms with Gasteiger partial charge in [0.2, 0.25) is 5.96 Å². The number of carbonyl (C=O) groups excluding carboxylic acids is 1. The van der Waals surface area contributed by atoms with Crippen molar-refractivity contribution in [1.29, 1.82) is 5.41 Å². The Kier molecular flexibility index (Phi) is 3.13. The largest absolute Gasteiger partial charge is 0.446 e. The number of ether oxygens (including phenoxy) is 1. The van der Waals surface area contributed by atoms with E-state index >= 15 is 0 Å². The van der Waals surface area contributed by atoms with Crippen LogP contribution in [-0.4, -0.2) is 30.6 Å². The third kappa shape index (κ3) is 2.30. The maximum absolute atomic E-state index is 11.5. The number of carbonyl (C=O) groups is 1. The van der Waals surface area contributed by atoms with Gasteiger partial charge in [0.05, 0.1) is 0 Å². The van der Waals surface area contributed by atoms with E-state index in [2.05, 4.69) is 21.2 Å². The third-order valence-corrected chi connectivity index (χ3v) is 4.55. The summed E-state index contributed by atoms with van der Waals surface area (Å²) >= 11 is 4.94. The molecule has 1 aromatic rings. The number of rotatable bonds is 1. The van der Waals surface area contributed by atoms with E-state index in [-0.39, 0.29) is 12.6 Å². The topological polar surface area (TPSA) is 65.4 Å².